The average Bonchev–Trinajstić information content (AvgIpc) is 2.43. The monoisotopic (exact) mass is 260 g/mol. The molecule has 0 spiro atoms. The summed E-state index contributed by atoms with van der Waals surface area (Å²) in [7, 11) is 0. The third-order valence-corrected chi connectivity index (χ3v) is 2.23. The molecular weight excluding hydrogens is 244 g/mol. The van der Waals surface area contributed by atoms with E-state index in [-0.39, 0.29) is 11.5 Å². The lowest BCUT2D eigenvalue weighted by Gasteiger charge is -2.02. The van der Waals surface area contributed by atoms with Crippen LogP contribution in [-0.2, 0) is 0 Å². The molecule has 0 atom stereocenters. The molecule has 2 rings (SSSR count). The number of phenolic OH excluding ortho intramolecular Hbond substituents is 2. The van der Waals surface area contributed by atoms with Gasteiger partial charge in [0, 0.05) is 0 Å². The average molecular weight is 260 g/mol. The molecule has 2 aromatic rings. The fourth-order valence-corrected chi connectivity index (χ4v) is 1.32. The normalized spacial score (nSPS) is 9.11. The van der Waals surface area contributed by atoms with Crippen LogP contribution in [0, 0.1) is 0 Å². The van der Waals surface area contributed by atoms with Crippen molar-refractivity contribution in [2.45, 2.75) is 6.92 Å². The van der Waals surface area contributed by atoms with E-state index in [2.05, 4.69) is 0 Å². The van der Waals surface area contributed by atoms with Crippen molar-refractivity contribution >= 4 is 6.29 Å². The number of carbonyl (C=O) groups is 1. The molecular formula is C15H16O4. The Morgan fingerprint density at radius 2 is 1.58 bits per heavy atom. The molecule has 4 nitrogen and oxygen atoms in total. The fraction of sp³-hybridized carbons (Fsp3) is 0.133. The van der Waals surface area contributed by atoms with E-state index in [1.807, 2.05) is 13.0 Å². The van der Waals surface area contributed by atoms with Gasteiger partial charge in [-0.15, -0.1) is 0 Å². The van der Waals surface area contributed by atoms with Gasteiger partial charge >= 0.3 is 0 Å². The summed E-state index contributed by atoms with van der Waals surface area (Å²) in [4.78, 5) is 10.1. The second-order valence-electron chi connectivity index (χ2n) is 3.58. The fourth-order valence-electron chi connectivity index (χ4n) is 1.32. The van der Waals surface area contributed by atoms with Crippen LogP contribution in [0.2, 0.25) is 0 Å². The Morgan fingerprint density at radius 1 is 1.00 bits per heavy atom. The summed E-state index contributed by atoms with van der Waals surface area (Å²) in [6, 6.07) is 13.3. The number of phenols is 2. The molecule has 0 bridgehead atoms. The third-order valence-electron chi connectivity index (χ3n) is 2.23. The van der Waals surface area contributed by atoms with Gasteiger partial charge in [-0.1, -0.05) is 24.3 Å². The van der Waals surface area contributed by atoms with Crippen molar-refractivity contribution in [1.82, 2.24) is 0 Å². The highest BCUT2D eigenvalue weighted by molar-refractivity contribution is 5.78. The summed E-state index contributed by atoms with van der Waals surface area (Å²) in [5, 5.41) is 18.0. The predicted octanol–water partition coefficient (Wildman–Crippen LogP) is 3.00. The lowest BCUT2D eigenvalue weighted by atomic mass is 10.2. The predicted molar refractivity (Wildman–Crippen MR) is 72.8 cm³/mol. The van der Waals surface area contributed by atoms with Crippen molar-refractivity contribution in [3.8, 4) is 17.2 Å². The Labute approximate surface area is 111 Å². The molecule has 0 aliphatic carbocycles. The van der Waals surface area contributed by atoms with Crippen LogP contribution in [-0.4, -0.2) is 23.1 Å². The van der Waals surface area contributed by atoms with Gasteiger partial charge < -0.3 is 14.9 Å². The quantitative estimate of drug-likeness (QED) is 0.832. The summed E-state index contributed by atoms with van der Waals surface area (Å²) in [6.45, 7) is 2.46. The van der Waals surface area contributed by atoms with E-state index in [4.69, 9.17) is 14.9 Å². The zero-order valence-corrected chi connectivity index (χ0v) is 10.6. The van der Waals surface area contributed by atoms with E-state index < -0.39 is 0 Å². The maximum Gasteiger partial charge on any atom is 0.160 e. The van der Waals surface area contributed by atoms with Gasteiger partial charge in [0.1, 0.15) is 5.75 Å². The molecule has 0 saturated carbocycles. The minimum Gasteiger partial charge on any atom is -0.507 e. The molecule has 19 heavy (non-hydrogen) atoms. The highest BCUT2D eigenvalue weighted by Gasteiger charge is 1.96. The minimum absolute atomic E-state index is 0.0347. The summed E-state index contributed by atoms with van der Waals surface area (Å²) in [6.07, 6.45) is 0.620. The molecule has 0 fully saturated rings. The number of aldehydes is 1. The van der Waals surface area contributed by atoms with Gasteiger partial charge in [-0.05, 0) is 31.2 Å². The Bertz CT molecular complexity index is 523. The Kier molecular flexibility index (Phi) is 5.95. The molecule has 4 heteroatoms. The van der Waals surface area contributed by atoms with Gasteiger partial charge in [-0.25, -0.2) is 0 Å². The summed E-state index contributed by atoms with van der Waals surface area (Å²) < 4.78 is 5.09. The van der Waals surface area contributed by atoms with Crippen LogP contribution in [0.15, 0.2) is 48.5 Å². The largest absolute Gasteiger partial charge is 0.507 e. The first-order valence-electron chi connectivity index (χ1n) is 5.83. The number of rotatable bonds is 3. The second kappa shape index (κ2) is 7.76. The van der Waals surface area contributed by atoms with E-state index in [1.165, 1.54) is 6.07 Å². The maximum atomic E-state index is 10.1. The van der Waals surface area contributed by atoms with E-state index in [1.54, 1.807) is 36.4 Å². The zero-order chi connectivity index (χ0) is 14.1. The number of carbonyl (C=O) groups excluding carboxylic acids is 1. The molecule has 2 N–H and O–H groups in total. The number of ether oxygens (including phenoxy) is 1. The minimum atomic E-state index is 0.0347. The smallest absolute Gasteiger partial charge is 0.160 e. The first-order chi connectivity index (χ1) is 9.19. The molecule has 0 unspecified atom stereocenters. The number of benzene rings is 2. The maximum absolute atomic E-state index is 10.1. The molecule has 0 heterocycles. The SMILES string of the molecule is CCOc1ccccc1O.O=Cc1ccccc1O. The standard InChI is InChI=1S/C8H10O2.C7H6O2/c1-2-10-8-6-4-3-5-7(8)9;8-5-6-3-1-2-4-7(6)9/h3-6,9H,2H2,1H3;1-5,9H. The lowest BCUT2D eigenvalue weighted by molar-refractivity contribution is 0.112. The second-order valence-corrected chi connectivity index (χ2v) is 3.58. The lowest BCUT2D eigenvalue weighted by Crippen LogP contribution is -1.90. The van der Waals surface area contributed by atoms with Gasteiger partial charge in [0.05, 0.1) is 12.2 Å². The summed E-state index contributed by atoms with van der Waals surface area (Å²) in [5.74, 6) is 0.779. The molecule has 0 aromatic heterocycles. The Balaban J connectivity index is 0.000000191. The van der Waals surface area contributed by atoms with Crippen LogP contribution in [0.4, 0.5) is 0 Å². The van der Waals surface area contributed by atoms with Crippen LogP contribution in [0.1, 0.15) is 17.3 Å². The molecule has 0 aliphatic heterocycles. The third kappa shape index (κ3) is 4.71. The number of aromatic hydroxyl groups is 2. The zero-order valence-electron chi connectivity index (χ0n) is 10.6. The highest BCUT2D eigenvalue weighted by atomic mass is 16.5. The van der Waals surface area contributed by atoms with Crippen molar-refractivity contribution in [2.75, 3.05) is 6.61 Å². The van der Waals surface area contributed by atoms with E-state index >= 15 is 0 Å². The highest BCUT2D eigenvalue weighted by Crippen LogP contribution is 2.23. The van der Waals surface area contributed by atoms with Crippen LogP contribution < -0.4 is 4.74 Å². The van der Waals surface area contributed by atoms with Gasteiger partial charge in [-0.3, -0.25) is 4.79 Å². The Hall–Kier alpha value is -2.49. The summed E-state index contributed by atoms with van der Waals surface area (Å²) >= 11 is 0. The number of hydrogen-bond acceptors (Lipinski definition) is 4. The first-order valence-corrected chi connectivity index (χ1v) is 5.83. The van der Waals surface area contributed by atoms with Crippen LogP contribution in [0.3, 0.4) is 0 Å². The van der Waals surface area contributed by atoms with Gasteiger partial charge in [0.2, 0.25) is 0 Å². The van der Waals surface area contributed by atoms with Crippen molar-refractivity contribution < 1.29 is 19.7 Å². The van der Waals surface area contributed by atoms with Gasteiger partial charge in [-0.2, -0.15) is 0 Å². The van der Waals surface area contributed by atoms with Crippen molar-refractivity contribution in [3.63, 3.8) is 0 Å². The molecule has 0 aliphatic rings. The van der Waals surface area contributed by atoms with Gasteiger partial charge in [0.15, 0.2) is 17.8 Å². The van der Waals surface area contributed by atoms with E-state index in [0.29, 0.717) is 24.2 Å². The molecule has 0 saturated heterocycles. The first kappa shape index (κ1) is 14.6. The van der Waals surface area contributed by atoms with Crippen LogP contribution in [0.25, 0.3) is 0 Å². The van der Waals surface area contributed by atoms with Crippen LogP contribution >= 0.6 is 0 Å². The molecule has 2 aromatic carbocycles. The molecule has 100 valence electrons. The van der Waals surface area contributed by atoms with Crippen molar-refractivity contribution in [1.29, 1.82) is 0 Å². The van der Waals surface area contributed by atoms with E-state index in [9.17, 15) is 4.79 Å². The number of para-hydroxylation sites is 3. The van der Waals surface area contributed by atoms with E-state index in [0.717, 1.165) is 0 Å². The summed E-state index contributed by atoms with van der Waals surface area (Å²) in [5.41, 5.74) is 0.331. The number of hydrogen-bond donors (Lipinski definition) is 2. The topological polar surface area (TPSA) is 66.8 Å². The van der Waals surface area contributed by atoms with Gasteiger partial charge in [0.25, 0.3) is 0 Å². The van der Waals surface area contributed by atoms with Crippen molar-refractivity contribution in [3.05, 3.63) is 54.1 Å². The molecule has 0 radical (unpaired) electrons. The molecule has 0 amide bonds. The Morgan fingerprint density at radius 3 is 2.05 bits per heavy atom. The van der Waals surface area contributed by atoms with Crippen LogP contribution in [0.5, 0.6) is 17.2 Å². The van der Waals surface area contributed by atoms with Crippen molar-refractivity contribution in [2.24, 2.45) is 0 Å².